The van der Waals surface area contributed by atoms with E-state index in [0.29, 0.717) is 12.6 Å². The van der Waals surface area contributed by atoms with Crippen LogP contribution >= 0.6 is 24.0 Å². The summed E-state index contributed by atoms with van der Waals surface area (Å²) < 4.78 is 1.85. The number of nitrogens with zero attached hydrogens (tertiary/aromatic N) is 3. The molecule has 2 N–H and O–H groups in total. The van der Waals surface area contributed by atoms with Gasteiger partial charge in [-0.2, -0.15) is 5.10 Å². The van der Waals surface area contributed by atoms with Gasteiger partial charge in [-0.3, -0.25) is 4.68 Å². The Labute approximate surface area is 131 Å². The predicted molar refractivity (Wildman–Crippen MR) is 88.7 cm³/mol. The van der Waals surface area contributed by atoms with Crippen molar-refractivity contribution in [3.05, 3.63) is 30.1 Å². The summed E-state index contributed by atoms with van der Waals surface area (Å²) in [5.74, 6) is 0.882. The van der Waals surface area contributed by atoms with Crippen LogP contribution in [0, 0.1) is 0 Å². The van der Waals surface area contributed by atoms with E-state index < -0.39 is 0 Å². The smallest absolute Gasteiger partial charge is 0.191 e. The molecule has 0 fully saturated rings. The quantitative estimate of drug-likeness (QED) is 0.365. The number of aromatic nitrogens is 2. The van der Waals surface area contributed by atoms with Crippen molar-refractivity contribution < 1.29 is 0 Å². The Morgan fingerprint density at radius 1 is 1.47 bits per heavy atom. The minimum atomic E-state index is 0. The van der Waals surface area contributed by atoms with Crippen LogP contribution in [0.3, 0.4) is 0 Å². The van der Waals surface area contributed by atoms with E-state index in [0.717, 1.165) is 31.0 Å². The van der Waals surface area contributed by atoms with Crippen molar-refractivity contribution in [1.82, 2.24) is 20.4 Å². The van der Waals surface area contributed by atoms with Crippen LogP contribution in [0.1, 0.15) is 25.5 Å². The Morgan fingerprint density at radius 3 is 2.79 bits per heavy atom. The summed E-state index contributed by atoms with van der Waals surface area (Å²) in [5.41, 5.74) is 1.11. The second-order valence-electron chi connectivity index (χ2n) is 4.43. The molecule has 0 unspecified atom stereocenters. The van der Waals surface area contributed by atoms with Gasteiger partial charge in [0.05, 0.1) is 12.2 Å². The molecular formula is C13H22IN5. The first-order valence-electron chi connectivity index (χ1n) is 6.46. The summed E-state index contributed by atoms with van der Waals surface area (Å²) >= 11 is 0. The Bertz CT molecular complexity index is 430. The van der Waals surface area contributed by atoms with Gasteiger partial charge >= 0.3 is 0 Å². The number of hydrogen-bond acceptors (Lipinski definition) is 2. The average molecular weight is 375 g/mol. The molecule has 0 spiro atoms. The SMILES string of the molecule is CCNC(=NCc1ccnn1C)NC1CC=CC1.I. The first-order valence-corrected chi connectivity index (χ1v) is 6.46. The van der Waals surface area contributed by atoms with Crippen molar-refractivity contribution in [2.45, 2.75) is 32.4 Å². The maximum Gasteiger partial charge on any atom is 0.191 e. The van der Waals surface area contributed by atoms with Gasteiger partial charge in [-0.15, -0.1) is 24.0 Å². The third kappa shape index (κ3) is 4.85. The second-order valence-corrected chi connectivity index (χ2v) is 4.43. The summed E-state index contributed by atoms with van der Waals surface area (Å²) in [5, 5.41) is 10.9. The first-order chi connectivity index (χ1) is 8.79. The highest BCUT2D eigenvalue weighted by Crippen LogP contribution is 2.08. The maximum atomic E-state index is 4.59. The molecule has 1 aromatic rings. The van der Waals surface area contributed by atoms with E-state index in [4.69, 9.17) is 0 Å². The van der Waals surface area contributed by atoms with Gasteiger partial charge in [0.1, 0.15) is 0 Å². The number of aliphatic imine (C=N–C) groups is 1. The Balaban J connectivity index is 0.00000180. The van der Waals surface area contributed by atoms with Crippen molar-refractivity contribution in [3.8, 4) is 0 Å². The molecule has 0 bridgehead atoms. The van der Waals surface area contributed by atoms with Crippen molar-refractivity contribution >= 4 is 29.9 Å². The molecule has 0 amide bonds. The van der Waals surface area contributed by atoms with Crippen LogP contribution in [0.5, 0.6) is 0 Å². The largest absolute Gasteiger partial charge is 0.357 e. The molecule has 19 heavy (non-hydrogen) atoms. The van der Waals surface area contributed by atoms with Gasteiger partial charge in [0.15, 0.2) is 5.96 Å². The van der Waals surface area contributed by atoms with Gasteiger partial charge in [-0.25, -0.2) is 4.99 Å². The van der Waals surface area contributed by atoms with Gasteiger partial charge < -0.3 is 10.6 Å². The molecule has 1 aromatic heterocycles. The molecular weight excluding hydrogens is 353 g/mol. The lowest BCUT2D eigenvalue weighted by molar-refractivity contribution is 0.631. The maximum absolute atomic E-state index is 4.59. The van der Waals surface area contributed by atoms with Crippen molar-refractivity contribution in [1.29, 1.82) is 0 Å². The first kappa shape index (κ1) is 16.0. The minimum Gasteiger partial charge on any atom is -0.357 e. The van der Waals surface area contributed by atoms with Gasteiger partial charge in [0, 0.05) is 25.8 Å². The molecule has 0 aliphatic heterocycles. The van der Waals surface area contributed by atoms with E-state index in [1.54, 1.807) is 6.20 Å². The zero-order valence-corrected chi connectivity index (χ0v) is 13.8. The topological polar surface area (TPSA) is 54.2 Å². The van der Waals surface area contributed by atoms with Crippen molar-refractivity contribution in [3.63, 3.8) is 0 Å². The van der Waals surface area contributed by atoms with Crippen LogP contribution in [0.4, 0.5) is 0 Å². The van der Waals surface area contributed by atoms with E-state index in [1.165, 1.54) is 0 Å². The zero-order valence-electron chi connectivity index (χ0n) is 11.5. The fourth-order valence-corrected chi connectivity index (χ4v) is 1.96. The number of rotatable bonds is 4. The van der Waals surface area contributed by atoms with E-state index in [1.807, 2.05) is 17.8 Å². The molecule has 106 valence electrons. The lowest BCUT2D eigenvalue weighted by Crippen LogP contribution is -2.42. The number of hydrogen-bond donors (Lipinski definition) is 2. The van der Waals surface area contributed by atoms with Gasteiger partial charge in [0.25, 0.3) is 0 Å². The molecule has 6 heteroatoms. The fourth-order valence-electron chi connectivity index (χ4n) is 1.96. The fraction of sp³-hybridized carbons (Fsp3) is 0.538. The highest BCUT2D eigenvalue weighted by Gasteiger charge is 2.11. The summed E-state index contributed by atoms with van der Waals surface area (Å²) in [6.07, 6.45) is 8.38. The van der Waals surface area contributed by atoms with E-state index in [9.17, 15) is 0 Å². The minimum absolute atomic E-state index is 0. The van der Waals surface area contributed by atoms with Gasteiger partial charge in [0.2, 0.25) is 0 Å². The summed E-state index contributed by atoms with van der Waals surface area (Å²) in [7, 11) is 1.94. The number of halogens is 1. The molecule has 1 aliphatic rings. The van der Waals surface area contributed by atoms with Crippen LogP contribution in [-0.4, -0.2) is 28.3 Å². The normalized spacial score (nSPS) is 15.4. The molecule has 5 nitrogen and oxygen atoms in total. The van der Waals surface area contributed by atoms with Gasteiger partial charge in [-0.05, 0) is 25.8 Å². The van der Waals surface area contributed by atoms with Crippen LogP contribution in [0.15, 0.2) is 29.4 Å². The standard InChI is InChI=1S/C13H21N5.HI/c1-3-14-13(17-11-6-4-5-7-11)15-10-12-8-9-16-18(12)2;/h4-5,8-9,11H,3,6-7,10H2,1-2H3,(H2,14,15,17);1H. The molecule has 1 heterocycles. The molecule has 1 aliphatic carbocycles. The van der Waals surface area contributed by atoms with Crippen LogP contribution in [0.2, 0.25) is 0 Å². The Hall–Kier alpha value is -1.05. The van der Waals surface area contributed by atoms with E-state index in [-0.39, 0.29) is 24.0 Å². The molecule has 0 atom stereocenters. The van der Waals surface area contributed by atoms with E-state index >= 15 is 0 Å². The molecule has 0 aromatic carbocycles. The molecule has 0 saturated carbocycles. The summed E-state index contributed by atoms with van der Waals surface area (Å²) in [6.45, 7) is 3.59. The number of guanidine groups is 1. The van der Waals surface area contributed by atoms with Crippen LogP contribution in [-0.2, 0) is 13.6 Å². The third-order valence-electron chi connectivity index (χ3n) is 3.01. The predicted octanol–water partition coefficient (Wildman–Crippen LogP) is 1.81. The van der Waals surface area contributed by atoms with Crippen molar-refractivity contribution in [2.75, 3.05) is 6.54 Å². The highest BCUT2D eigenvalue weighted by molar-refractivity contribution is 14.0. The van der Waals surface area contributed by atoms with Gasteiger partial charge in [-0.1, -0.05) is 12.2 Å². The summed E-state index contributed by atoms with van der Waals surface area (Å²) in [4.78, 5) is 4.59. The summed E-state index contributed by atoms with van der Waals surface area (Å²) in [6, 6.07) is 2.47. The molecule has 2 rings (SSSR count). The Kier molecular flexibility index (Phi) is 6.90. The van der Waals surface area contributed by atoms with Crippen LogP contribution in [0.25, 0.3) is 0 Å². The highest BCUT2D eigenvalue weighted by atomic mass is 127. The monoisotopic (exact) mass is 375 g/mol. The number of nitrogens with one attached hydrogen (secondary N) is 2. The van der Waals surface area contributed by atoms with Crippen LogP contribution < -0.4 is 10.6 Å². The molecule has 0 saturated heterocycles. The lowest BCUT2D eigenvalue weighted by Gasteiger charge is -2.16. The van der Waals surface area contributed by atoms with E-state index in [2.05, 4.69) is 39.8 Å². The zero-order chi connectivity index (χ0) is 12.8. The molecule has 0 radical (unpaired) electrons. The lowest BCUT2D eigenvalue weighted by atomic mass is 10.2. The van der Waals surface area contributed by atoms with Crippen molar-refractivity contribution in [2.24, 2.45) is 12.0 Å². The average Bonchev–Trinajstić information content (AvgIpc) is 2.98. The third-order valence-corrected chi connectivity index (χ3v) is 3.01. The Morgan fingerprint density at radius 2 is 2.21 bits per heavy atom. The number of aryl methyl sites for hydroxylation is 1. The second kappa shape index (κ2) is 8.19.